The molecule has 0 unspecified atom stereocenters. The van der Waals surface area contributed by atoms with Crippen LogP contribution in [0.5, 0.6) is 5.75 Å². The lowest BCUT2D eigenvalue weighted by Gasteiger charge is -2.17. The van der Waals surface area contributed by atoms with Gasteiger partial charge in [-0.25, -0.2) is 0 Å². The minimum absolute atomic E-state index is 0.00203. The zero-order valence-electron chi connectivity index (χ0n) is 14.6. The number of hydrogen-bond acceptors (Lipinski definition) is 5. The van der Waals surface area contributed by atoms with Crippen LogP contribution in [-0.4, -0.2) is 41.8 Å². The molecule has 2 amide bonds. The third-order valence-electron chi connectivity index (χ3n) is 3.56. The van der Waals surface area contributed by atoms with Crippen molar-refractivity contribution in [2.75, 3.05) is 19.4 Å². The highest BCUT2D eigenvalue weighted by molar-refractivity contribution is 6.04. The lowest BCUT2D eigenvalue weighted by atomic mass is 10.1. The Morgan fingerprint density at radius 1 is 1.12 bits per heavy atom. The van der Waals surface area contributed by atoms with Gasteiger partial charge in [-0.15, -0.1) is 0 Å². The fourth-order valence-electron chi connectivity index (χ4n) is 2.21. The fourth-order valence-corrected chi connectivity index (χ4v) is 2.21. The minimum atomic E-state index is -1.00. The molecule has 2 aromatic rings. The van der Waals surface area contributed by atoms with Gasteiger partial charge in [0.05, 0.1) is 16.2 Å². The monoisotopic (exact) mass is 357 g/mol. The van der Waals surface area contributed by atoms with E-state index >= 15 is 0 Å². The van der Waals surface area contributed by atoms with Crippen LogP contribution in [0.2, 0.25) is 0 Å². The number of nitrogens with one attached hydrogen (secondary N) is 1. The highest BCUT2D eigenvalue weighted by Crippen LogP contribution is 2.27. The predicted octanol–water partition coefficient (Wildman–Crippen LogP) is 2.70. The number of carbonyl (C=O) groups is 2. The molecule has 0 bridgehead atoms. The number of hydrogen-bond donors (Lipinski definition) is 1. The molecular weight excluding hydrogens is 338 g/mol. The lowest BCUT2D eigenvalue weighted by molar-refractivity contribution is -0.386. The topological polar surface area (TPSA) is 102 Å². The van der Waals surface area contributed by atoms with Crippen LogP contribution >= 0.6 is 0 Å². The largest absolute Gasteiger partial charge is 0.474 e. The van der Waals surface area contributed by atoms with Crippen molar-refractivity contribution < 1.29 is 19.2 Å². The molecule has 2 aromatic carbocycles. The summed E-state index contributed by atoms with van der Waals surface area (Å²) in [6, 6.07) is 12.4. The SMILES string of the molecule is C[C@H](Oc1ccccc1[N+](=O)[O-])C(=O)Nc1ccccc1C(=O)N(C)C. The Morgan fingerprint density at radius 3 is 2.38 bits per heavy atom. The van der Waals surface area contributed by atoms with Crippen molar-refractivity contribution in [1.29, 1.82) is 0 Å². The second-order valence-corrected chi connectivity index (χ2v) is 5.72. The molecule has 0 heterocycles. The molecule has 26 heavy (non-hydrogen) atoms. The maximum absolute atomic E-state index is 12.4. The smallest absolute Gasteiger partial charge is 0.310 e. The molecule has 2 rings (SSSR count). The van der Waals surface area contributed by atoms with Crippen molar-refractivity contribution in [2.45, 2.75) is 13.0 Å². The summed E-state index contributed by atoms with van der Waals surface area (Å²) in [4.78, 5) is 36.5. The molecule has 0 aliphatic rings. The molecule has 0 radical (unpaired) electrons. The number of ether oxygens (including phenoxy) is 1. The molecule has 0 saturated carbocycles. The van der Waals surface area contributed by atoms with Gasteiger partial charge in [0.15, 0.2) is 11.9 Å². The Hall–Kier alpha value is -3.42. The molecule has 1 atom stereocenters. The van der Waals surface area contributed by atoms with Gasteiger partial charge >= 0.3 is 5.69 Å². The standard InChI is InChI=1S/C18H19N3O5/c1-12(26-16-11-7-6-10-15(16)21(24)25)17(22)19-14-9-5-4-8-13(14)18(23)20(2)3/h4-12H,1-3H3,(H,19,22)/t12-/m0/s1. The van der Waals surface area contributed by atoms with Crippen LogP contribution < -0.4 is 10.1 Å². The van der Waals surface area contributed by atoms with Gasteiger partial charge in [-0.05, 0) is 25.1 Å². The van der Waals surface area contributed by atoms with Gasteiger partial charge in [-0.2, -0.15) is 0 Å². The van der Waals surface area contributed by atoms with E-state index in [1.807, 2.05) is 0 Å². The summed E-state index contributed by atoms with van der Waals surface area (Å²) in [5.74, 6) is -0.784. The van der Waals surface area contributed by atoms with Crippen molar-refractivity contribution in [3.05, 3.63) is 64.2 Å². The van der Waals surface area contributed by atoms with Crippen LogP contribution in [0.1, 0.15) is 17.3 Å². The summed E-state index contributed by atoms with van der Waals surface area (Å²) in [6.07, 6.45) is -1.00. The molecule has 0 fully saturated rings. The summed E-state index contributed by atoms with van der Waals surface area (Å²) in [5.41, 5.74) is 0.452. The lowest BCUT2D eigenvalue weighted by Crippen LogP contribution is -2.31. The molecule has 0 aliphatic carbocycles. The van der Waals surface area contributed by atoms with Gasteiger partial charge in [0.25, 0.3) is 11.8 Å². The highest BCUT2D eigenvalue weighted by Gasteiger charge is 2.22. The predicted molar refractivity (Wildman–Crippen MR) is 96.3 cm³/mol. The van der Waals surface area contributed by atoms with E-state index in [4.69, 9.17) is 4.74 Å². The molecule has 8 nitrogen and oxygen atoms in total. The van der Waals surface area contributed by atoms with Crippen molar-refractivity contribution in [3.63, 3.8) is 0 Å². The quantitative estimate of drug-likeness (QED) is 0.632. The third kappa shape index (κ3) is 4.35. The Kier molecular flexibility index (Phi) is 5.90. The summed E-state index contributed by atoms with van der Waals surface area (Å²) in [7, 11) is 3.22. The zero-order valence-corrected chi connectivity index (χ0v) is 14.6. The van der Waals surface area contributed by atoms with Crippen LogP contribution in [-0.2, 0) is 4.79 Å². The molecule has 136 valence electrons. The molecule has 0 aliphatic heterocycles. The number of carbonyl (C=O) groups excluding carboxylic acids is 2. The van der Waals surface area contributed by atoms with E-state index < -0.39 is 16.9 Å². The zero-order chi connectivity index (χ0) is 19.3. The number of rotatable bonds is 6. The third-order valence-corrected chi connectivity index (χ3v) is 3.56. The number of nitro groups is 1. The van der Waals surface area contributed by atoms with Crippen molar-refractivity contribution >= 4 is 23.2 Å². The van der Waals surface area contributed by atoms with Gasteiger partial charge in [0, 0.05) is 20.2 Å². The van der Waals surface area contributed by atoms with Crippen LogP contribution in [0.25, 0.3) is 0 Å². The van der Waals surface area contributed by atoms with E-state index in [2.05, 4.69) is 5.32 Å². The first-order valence-electron chi connectivity index (χ1n) is 7.83. The van der Waals surface area contributed by atoms with Crippen molar-refractivity contribution in [3.8, 4) is 5.75 Å². The Morgan fingerprint density at radius 2 is 1.73 bits per heavy atom. The molecular formula is C18H19N3O5. The molecule has 0 saturated heterocycles. The molecule has 8 heteroatoms. The van der Waals surface area contributed by atoms with Gasteiger partial charge in [0.2, 0.25) is 0 Å². The summed E-state index contributed by atoms with van der Waals surface area (Å²) in [6.45, 7) is 1.47. The second-order valence-electron chi connectivity index (χ2n) is 5.72. The first kappa shape index (κ1) is 18.9. The number of benzene rings is 2. The van der Waals surface area contributed by atoms with Gasteiger partial charge in [0.1, 0.15) is 0 Å². The van der Waals surface area contributed by atoms with E-state index in [1.54, 1.807) is 44.4 Å². The summed E-state index contributed by atoms with van der Waals surface area (Å²) >= 11 is 0. The first-order chi connectivity index (χ1) is 12.3. The van der Waals surface area contributed by atoms with Crippen LogP contribution in [0.3, 0.4) is 0 Å². The van der Waals surface area contributed by atoms with E-state index in [9.17, 15) is 19.7 Å². The van der Waals surface area contributed by atoms with Crippen LogP contribution in [0.15, 0.2) is 48.5 Å². The highest BCUT2D eigenvalue weighted by atomic mass is 16.6. The van der Waals surface area contributed by atoms with Gasteiger partial charge in [-0.1, -0.05) is 24.3 Å². The second kappa shape index (κ2) is 8.11. The molecule has 1 N–H and O–H groups in total. The van der Waals surface area contributed by atoms with E-state index in [0.29, 0.717) is 11.3 Å². The van der Waals surface area contributed by atoms with Crippen molar-refractivity contribution in [1.82, 2.24) is 4.90 Å². The van der Waals surface area contributed by atoms with Gasteiger partial charge in [-0.3, -0.25) is 19.7 Å². The normalized spacial score (nSPS) is 11.3. The fraction of sp³-hybridized carbons (Fsp3) is 0.222. The molecule has 0 spiro atoms. The number of nitro benzene ring substituents is 1. The molecule has 0 aromatic heterocycles. The maximum Gasteiger partial charge on any atom is 0.310 e. The Bertz CT molecular complexity index is 835. The average Bonchev–Trinajstić information content (AvgIpc) is 2.61. The van der Waals surface area contributed by atoms with E-state index in [0.717, 1.165) is 0 Å². The summed E-state index contributed by atoms with van der Waals surface area (Å²) < 4.78 is 5.44. The van der Waals surface area contributed by atoms with Crippen LogP contribution in [0.4, 0.5) is 11.4 Å². The number of amides is 2. The first-order valence-corrected chi connectivity index (χ1v) is 7.83. The number of anilines is 1. The Labute approximate surface area is 150 Å². The van der Waals surface area contributed by atoms with E-state index in [1.165, 1.54) is 30.0 Å². The number of nitrogens with zero attached hydrogens (tertiary/aromatic N) is 2. The number of para-hydroxylation sites is 3. The minimum Gasteiger partial charge on any atom is -0.474 e. The summed E-state index contributed by atoms with van der Waals surface area (Å²) in [5, 5.41) is 13.7. The van der Waals surface area contributed by atoms with Crippen LogP contribution in [0, 0.1) is 10.1 Å². The van der Waals surface area contributed by atoms with Gasteiger partial charge < -0.3 is 15.0 Å². The van der Waals surface area contributed by atoms with Crippen molar-refractivity contribution in [2.24, 2.45) is 0 Å². The average molecular weight is 357 g/mol. The van der Waals surface area contributed by atoms with E-state index in [-0.39, 0.29) is 17.3 Å². The maximum atomic E-state index is 12.4. The Balaban J connectivity index is 2.16.